The van der Waals surface area contributed by atoms with Crippen molar-refractivity contribution < 1.29 is 0 Å². The van der Waals surface area contributed by atoms with Crippen LogP contribution in [-0.4, -0.2) is 0 Å². The van der Waals surface area contributed by atoms with Gasteiger partial charge in [-0.25, -0.2) is 0 Å². The molecule has 1 nitrogen and oxygen atoms in total. The second-order valence-electron chi connectivity index (χ2n) is 13.4. The van der Waals surface area contributed by atoms with E-state index >= 15 is 0 Å². The normalized spacial score (nSPS) is 11.5. The van der Waals surface area contributed by atoms with Crippen LogP contribution in [0.15, 0.2) is 200 Å². The van der Waals surface area contributed by atoms with Crippen molar-refractivity contribution in [3.63, 3.8) is 0 Å². The Kier molecular flexibility index (Phi) is 7.41. The molecule has 0 saturated carbocycles. The third kappa shape index (κ3) is 5.42. The Morgan fingerprint density at radius 2 is 0.846 bits per heavy atom. The van der Waals surface area contributed by atoms with Crippen LogP contribution in [0.2, 0.25) is 0 Å². The molecule has 0 aliphatic carbocycles. The molecule has 244 valence electrons. The number of thiophene rings is 1. The molecule has 0 atom stereocenters. The highest BCUT2D eigenvalue weighted by Crippen LogP contribution is 2.42. The minimum absolute atomic E-state index is 1.12. The van der Waals surface area contributed by atoms with E-state index in [4.69, 9.17) is 0 Å². The summed E-state index contributed by atoms with van der Waals surface area (Å²) in [5.74, 6) is 0. The van der Waals surface area contributed by atoms with Crippen LogP contribution in [0.1, 0.15) is 0 Å². The molecule has 52 heavy (non-hydrogen) atoms. The van der Waals surface area contributed by atoms with E-state index < -0.39 is 0 Å². The maximum absolute atomic E-state index is 2.38. The van der Waals surface area contributed by atoms with Crippen LogP contribution in [0.4, 0.5) is 17.1 Å². The van der Waals surface area contributed by atoms with Gasteiger partial charge in [0.05, 0.1) is 0 Å². The van der Waals surface area contributed by atoms with Gasteiger partial charge < -0.3 is 4.90 Å². The molecule has 10 rings (SSSR count). The van der Waals surface area contributed by atoms with Crippen molar-refractivity contribution >= 4 is 70.1 Å². The molecule has 0 unspecified atom stereocenters. The first-order chi connectivity index (χ1) is 25.7. The summed E-state index contributed by atoms with van der Waals surface area (Å²) in [4.78, 5) is 2.38. The Morgan fingerprint density at radius 1 is 0.288 bits per heavy atom. The van der Waals surface area contributed by atoms with Crippen molar-refractivity contribution in [2.45, 2.75) is 0 Å². The molecule has 0 fully saturated rings. The van der Waals surface area contributed by atoms with Gasteiger partial charge in [-0.15, -0.1) is 11.3 Å². The number of rotatable bonds is 6. The zero-order valence-corrected chi connectivity index (χ0v) is 29.2. The highest BCUT2D eigenvalue weighted by Gasteiger charge is 2.16. The molecule has 0 aliphatic heterocycles. The zero-order valence-electron chi connectivity index (χ0n) is 28.4. The van der Waals surface area contributed by atoms with Crippen LogP contribution >= 0.6 is 11.3 Å². The highest BCUT2D eigenvalue weighted by atomic mass is 32.1. The Hall–Kier alpha value is -6.48. The topological polar surface area (TPSA) is 3.24 Å². The second kappa shape index (κ2) is 12.7. The van der Waals surface area contributed by atoms with Crippen molar-refractivity contribution in [3.8, 4) is 33.4 Å². The van der Waals surface area contributed by atoms with Gasteiger partial charge in [-0.05, 0) is 116 Å². The minimum Gasteiger partial charge on any atom is -0.310 e. The lowest BCUT2D eigenvalue weighted by Crippen LogP contribution is -2.09. The van der Waals surface area contributed by atoms with E-state index in [9.17, 15) is 0 Å². The molecule has 0 N–H and O–H groups in total. The number of benzene rings is 9. The maximum Gasteiger partial charge on any atom is 0.0468 e. The quantitative estimate of drug-likeness (QED) is 0.169. The molecular weight excluding hydrogens is 647 g/mol. The van der Waals surface area contributed by atoms with Crippen LogP contribution in [-0.2, 0) is 0 Å². The predicted molar refractivity (Wildman–Crippen MR) is 225 cm³/mol. The van der Waals surface area contributed by atoms with Gasteiger partial charge in [-0.2, -0.15) is 0 Å². The van der Waals surface area contributed by atoms with E-state index in [1.807, 2.05) is 11.3 Å². The Morgan fingerprint density at radius 3 is 1.63 bits per heavy atom. The van der Waals surface area contributed by atoms with Crippen molar-refractivity contribution in [1.29, 1.82) is 0 Å². The predicted octanol–water partition coefficient (Wildman–Crippen LogP) is 14.8. The van der Waals surface area contributed by atoms with E-state index in [-0.39, 0.29) is 0 Å². The minimum atomic E-state index is 1.12. The monoisotopic (exact) mass is 679 g/mol. The van der Waals surface area contributed by atoms with Crippen LogP contribution in [0.5, 0.6) is 0 Å². The second-order valence-corrected chi connectivity index (χ2v) is 14.5. The van der Waals surface area contributed by atoms with Gasteiger partial charge in [0.15, 0.2) is 0 Å². The maximum atomic E-state index is 2.38. The van der Waals surface area contributed by atoms with Crippen molar-refractivity contribution in [2.24, 2.45) is 0 Å². The van der Waals surface area contributed by atoms with E-state index in [2.05, 4.69) is 205 Å². The van der Waals surface area contributed by atoms with Gasteiger partial charge in [0.2, 0.25) is 0 Å². The van der Waals surface area contributed by atoms with E-state index in [0.29, 0.717) is 0 Å². The number of hydrogen-bond donors (Lipinski definition) is 0. The van der Waals surface area contributed by atoms with Gasteiger partial charge in [0.1, 0.15) is 0 Å². The van der Waals surface area contributed by atoms with Crippen molar-refractivity contribution in [3.05, 3.63) is 200 Å². The number of hydrogen-bond acceptors (Lipinski definition) is 2. The molecule has 0 amide bonds. The van der Waals surface area contributed by atoms with Crippen LogP contribution in [0.25, 0.3) is 75.1 Å². The fourth-order valence-electron chi connectivity index (χ4n) is 7.62. The molecule has 1 aromatic heterocycles. The van der Waals surface area contributed by atoms with Crippen molar-refractivity contribution in [2.75, 3.05) is 4.90 Å². The van der Waals surface area contributed by atoms with E-state index in [1.165, 1.54) is 75.1 Å². The first-order valence-electron chi connectivity index (χ1n) is 17.7. The van der Waals surface area contributed by atoms with Crippen LogP contribution in [0, 0.1) is 0 Å². The van der Waals surface area contributed by atoms with Crippen LogP contribution < -0.4 is 4.90 Å². The largest absolute Gasteiger partial charge is 0.310 e. The zero-order chi connectivity index (χ0) is 34.4. The first kappa shape index (κ1) is 30.4. The van der Waals surface area contributed by atoms with Crippen LogP contribution in [0.3, 0.4) is 0 Å². The smallest absolute Gasteiger partial charge is 0.0468 e. The summed E-state index contributed by atoms with van der Waals surface area (Å²) < 4.78 is 2.62. The number of anilines is 3. The van der Waals surface area contributed by atoms with Gasteiger partial charge >= 0.3 is 0 Å². The molecule has 0 saturated heterocycles. The third-order valence-electron chi connectivity index (χ3n) is 10.2. The van der Waals surface area contributed by atoms with Gasteiger partial charge in [0.25, 0.3) is 0 Å². The summed E-state index contributed by atoms with van der Waals surface area (Å²) >= 11 is 1.85. The third-order valence-corrected chi connectivity index (χ3v) is 11.4. The Balaban J connectivity index is 1.05. The first-order valence-corrected chi connectivity index (χ1v) is 18.6. The summed E-state index contributed by atoms with van der Waals surface area (Å²) in [7, 11) is 0. The summed E-state index contributed by atoms with van der Waals surface area (Å²) in [6, 6.07) is 73.0. The SMILES string of the molecule is c1cc(-c2ccc(N(c3ccc(-c4ccc5ccccc5c4)cc3)c3ccc4sc5ccccc5c4c3)cc2)cc(-c2cccc3ccccc23)c1. The summed E-state index contributed by atoms with van der Waals surface area (Å²) in [5.41, 5.74) is 10.7. The molecule has 1 heterocycles. The molecule has 0 spiro atoms. The fourth-order valence-corrected chi connectivity index (χ4v) is 8.70. The standard InChI is InChI=1S/C50H33NS/c1-2-11-38-31-40(20-19-34(38)9-1)36-23-27-43(28-24-36)51(44-29-30-50-48(33-44)47-16-5-6-18-49(47)52-50)42-25-21-35(22-26-42)39-13-7-14-41(32-39)46-17-8-12-37-10-3-4-15-45(37)46/h1-33H. The number of nitrogens with zero attached hydrogens (tertiary/aromatic N) is 1. The average Bonchev–Trinajstić information content (AvgIpc) is 3.59. The van der Waals surface area contributed by atoms with Gasteiger partial charge in [-0.1, -0.05) is 140 Å². The lowest BCUT2D eigenvalue weighted by molar-refractivity contribution is 1.29. The average molecular weight is 680 g/mol. The molecule has 0 aliphatic rings. The number of fused-ring (bicyclic) bond motifs is 5. The molecule has 10 aromatic rings. The fraction of sp³-hybridized carbons (Fsp3) is 0. The summed E-state index contributed by atoms with van der Waals surface area (Å²) in [5, 5.41) is 7.64. The lowest BCUT2D eigenvalue weighted by atomic mass is 9.95. The molecule has 2 heteroatoms. The Bertz CT molecular complexity index is 2890. The highest BCUT2D eigenvalue weighted by molar-refractivity contribution is 7.25. The van der Waals surface area contributed by atoms with Crippen molar-refractivity contribution in [1.82, 2.24) is 0 Å². The molecule has 9 aromatic carbocycles. The van der Waals surface area contributed by atoms with Gasteiger partial charge in [0, 0.05) is 37.2 Å². The van der Waals surface area contributed by atoms with Gasteiger partial charge in [-0.3, -0.25) is 0 Å². The molecular formula is C50H33NS. The summed E-state index contributed by atoms with van der Waals surface area (Å²) in [6.45, 7) is 0. The van der Waals surface area contributed by atoms with E-state index in [1.54, 1.807) is 0 Å². The Labute approximate surface area is 307 Å². The summed E-state index contributed by atoms with van der Waals surface area (Å²) in [6.07, 6.45) is 0. The molecule has 0 bridgehead atoms. The lowest BCUT2D eigenvalue weighted by Gasteiger charge is -2.26. The molecule has 0 radical (unpaired) electrons. The van der Waals surface area contributed by atoms with E-state index in [0.717, 1.165) is 17.1 Å².